The van der Waals surface area contributed by atoms with Crippen LogP contribution < -0.4 is 5.73 Å². The van der Waals surface area contributed by atoms with Gasteiger partial charge in [0.1, 0.15) is 0 Å². The summed E-state index contributed by atoms with van der Waals surface area (Å²) in [6, 6.07) is 4.64. The van der Waals surface area contributed by atoms with Crippen molar-refractivity contribution in [2.45, 2.75) is 31.2 Å². The predicted molar refractivity (Wildman–Crippen MR) is 67.6 cm³/mol. The van der Waals surface area contributed by atoms with E-state index in [0.717, 1.165) is 19.3 Å². The van der Waals surface area contributed by atoms with E-state index < -0.39 is 0 Å². The van der Waals surface area contributed by atoms with Crippen molar-refractivity contribution in [3.05, 3.63) is 24.1 Å². The van der Waals surface area contributed by atoms with Crippen molar-refractivity contribution in [3.8, 4) is 22.9 Å². The van der Waals surface area contributed by atoms with Gasteiger partial charge in [0, 0.05) is 17.5 Å². The molecule has 1 fully saturated rings. The molecule has 0 unspecified atom stereocenters. The molecule has 19 heavy (non-hydrogen) atoms. The zero-order valence-electron chi connectivity index (χ0n) is 10.3. The number of nitrogens with two attached hydrogens (primary N) is 1. The summed E-state index contributed by atoms with van der Waals surface area (Å²) in [7, 11) is 0. The molecule has 6 nitrogen and oxygen atoms in total. The van der Waals surface area contributed by atoms with E-state index in [1.165, 1.54) is 12.1 Å². The zero-order valence-corrected chi connectivity index (χ0v) is 10.3. The first-order valence-corrected chi connectivity index (χ1v) is 6.25. The lowest BCUT2D eigenvalue weighted by Crippen LogP contribution is -2.14. The Bertz CT molecular complexity index is 597. The maximum atomic E-state index is 9.46. The number of benzene rings is 1. The second kappa shape index (κ2) is 4.55. The second-order valence-electron chi connectivity index (χ2n) is 4.93. The molecule has 1 saturated carbocycles. The number of phenols is 2. The van der Waals surface area contributed by atoms with Crippen molar-refractivity contribution in [2.75, 3.05) is 0 Å². The molecule has 4 N–H and O–H groups in total. The molecule has 1 heterocycles. The molecule has 2 aromatic rings. The quantitative estimate of drug-likeness (QED) is 0.711. The van der Waals surface area contributed by atoms with E-state index >= 15 is 0 Å². The minimum Gasteiger partial charge on any atom is -0.504 e. The Morgan fingerprint density at radius 3 is 2.74 bits per heavy atom. The van der Waals surface area contributed by atoms with Gasteiger partial charge in [-0.15, -0.1) is 0 Å². The summed E-state index contributed by atoms with van der Waals surface area (Å²) in [4.78, 5) is 4.34. The Morgan fingerprint density at radius 2 is 2.05 bits per heavy atom. The average molecular weight is 261 g/mol. The van der Waals surface area contributed by atoms with Gasteiger partial charge >= 0.3 is 0 Å². The minimum atomic E-state index is -0.202. The summed E-state index contributed by atoms with van der Waals surface area (Å²) in [6.07, 6.45) is 2.80. The maximum Gasteiger partial charge on any atom is 0.230 e. The van der Waals surface area contributed by atoms with Crippen LogP contribution in [0.5, 0.6) is 11.5 Å². The van der Waals surface area contributed by atoms with Gasteiger partial charge in [-0.2, -0.15) is 4.98 Å². The molecule has 6 heteroatoms. The van der Waals surface area contributed by atoms with Gasteiger partial charge in [0.2, 0.25) is 11.7 Å². The summed E-state index contributed by atoms with van der Waals surface area (Å²) >= 11 is 0. The highest BCUT2D eigenvalue weighted by molar-refractivity contribution is 5.59. The van der Waals surface area contributed by atoms with Crippen LogP contribution in [0.15, 0.2) is 22.7 Å². The van der Waals surface area contributed by atoms with Gasteiger partial charge in [0.25, 0.3) is 0 Å². The molecule has 0 bridgehead atoms. The summed E-state index contributed by atoms with van der Waals surface area (Å²) in [5, 5.41) is 22.6. The van der Waals surface area contributed by atoms with E-state index in [1.807, 2.05) is 0 Å². The number of hydrogen-bond donors (Lipinski definition) is 3. The van der Waals surface area contributed by atoms with E-state index in [-0.39, 0.29) is 23.5 Å². The number of phenolic OH excluding ortho intramolecular Hbond substituents is 2. The predicted octanol–water partition coefficient (Wildman–Crippen LogP) is 1.74. The van der Waals surface area contributed by atoms with Crippen LogP contribution in [0.1, 0.15) is 31.1 Å². The lowest BCUT2D eigenvalue weighted by molar-refractivity contribution is 0.353. The minimum absolute atomic E-state index is 0.172. The van der Waals surface area contributed by atoms with Crippen molar-refractivity contribution < 1.29 is 14.7 Å². The molecule has 100 valence electrons. The van der Waals surface area contributed by atoms with Crippen molar-refractivity contribution >= 4 is 0 Å². The van der Waals surface area contributed by atoms with Gasteiger partial charge < -0.3 is 20.5 Å². The molecule has 0 saturated heterocycles. The van der Waals surface area contributed by atoms with E-state index in [9.17, 15) is 10.2 Å². The number of aromatic hydroxyl groups is 2. The van der Waals surface area contributed by atoms with Crippen molar-refractivity contribution in [1.29, 1.82) is 0 Å². The third-order valence-corrected chi connectivity index (χ3v) is 3.50. The van der Waals surface area contributed by atoms with Gasteiger partial charge in [-0.25, -0.2) is 0 Å². The van der Waals surface area contributed by atoms with Crippen LogP contribution in [-0.4, -0.2) is 26.4 Å². The van der Waals surface area contributed by atoms with Crippen LogP contribution in [0, 0.1) is 0 Å². The molecule has 0 spiro atoms. The normalized spacial score (nSPS) is 22.8. The molecular formula is C13H15N3O3. The number of aromatic nitrogens is 2. The number of rotatable bonds is 2. The lowest BCUT2D eigenvalue weighted by Gasteiger charge is -2.01. The van der Waals surface area contributed by atoms with E-state index in [4.69, 9.17) is 10.3 Å². The number of hydrogen-bond acceptors (Lipinski definition) is 6. The molecule has 1 aromatic heterocycles. The van der Waals surface area contributed by atoms with Crippen molar-refractivity contribution in [1.82, 2.24) is 10.1 Å². The topological polar surface area (TPSA) is 105 Å². The van der Waals surface area contributed by atoms with Crippen molar-refractivity contribution in [3.63, 3.8) is 0 Å². The molecule has 3 rings (SSSR count). The maximum absolute atomic E-state index is 9.46. The highest BCUT2D eigenvalue weighted by Crippen LogP contribution is 2.34. The highest BCUT2D eigenvalue weighted by Gasteiger charge is 2.28. The summed E-state index contributed by atoms with van der Waals surface area (Å²) in [5.74, 6) is 0.851. The molecule has 0 aliphatic heterocycles. The van der Waals surface area contributed by atoms with Gasteiger partial charge in [0.15, 0.2) is 11.5 Å². The third-order valence-electron chi connectivity index (χ3n) is 3.50. The van der Waals surface area contributed by atoms with Crippen LogP contribution >= 0.6 is 0 Å². The van der Waals surface area contributed by atoms with Gasteiger partial charge in [-0.3, -0.25) is 0 Å². The number of nitrogens with zero attached hydrogens (tertiary/aromatic N) is 2. The molecule has 0 amide bonds. The molecule has 1 aliphatic carbocycles. The monoisotopic (exact) mass is 261 g/mol. The summed E-state index contributed by atoms with van der Waals surface area (Å²) < 4.78 is 5.26. The van der Waals surface area contributed by atoms with Crippen LogP contribution in [0.3, 0.4) is 0 Å². The van der Waals surface area contributed by atoms with Gasteiger partial charge in [0.05, 0.1) is 0 Å². The Balaban J connectivity index is 1.86. The van der Waals surface area contributed by atoms with E-state index in [1.54, 1.807) is 6.07 Å². The third kappa shape index (κ3) is 2.26. The first kappa shape index (κ1) is 12.0. The second-order valence-corrected chi connectivity index (χ2v) is 4.93. The Kier molecular flexibility index (Phi) is 2.87. The Morgan fingerprint density at radius 1 is 1.21 bits per heavy atom. The van der Waals surface area contributed by atoms with Gasteiger partial charge in [-0.05, 0) is 37.5 Å². The van der Waals surface area contributed by atoms with E-state index in [2.05, 4.69) is 10.1 Å². The standard InChI is InChI=1S/C13H15N3O3/c14-9-3-1-8(5-9)13-15-12(16-19-13)7-2-4-10(17)11(18)6-7/h2,4,6,8-9,17-18H,1,3,5,14H2/t8-,9+/m1/s1. The average Bonchev–Trinajstić information content (AvgIpc) is 3.01. The molecular weight excluding hydrogens is 246 g/mol. The van der Waals surface area contributed by atoms with Crippen LogP contribution in [0.4, 0.5) is 0 Å². The zero-order chi connectivity index (χ0) is 13.4. The Labute approximate surface area is 109 Å². The highest BCUT2D eigenvalue weighted by atomic mass is 16.5. The molecule has 1 aromatic carbocycles. The fourth-order valence-corrected chi connectivity index (χ4v) is 2.42. The van der Waals surface area contributed by atoms with E-state index in [0.29, 0.717) is 17.3 Å². The largest absolute Gasteiger partial charge is 0.504 e. The molecule has 1 aliphatic rings. The van der Waals surface area contributed by atoms with Crippen LogP contribution in [0.25, 0.3) is 11.4 Å². The smallest absolute Gasteiger partial charge is 0.230 e. The molecule has 0 radical (unpaired) electrons. The summed E-state index contributed by atoms with van der Waals surface area (Å²) in [5.41, 5.74) is 6.47. The van der Waals surface area contributed by atoms with Crippen LogP contribution in [0.2, 0.25) is 0 Å². The first-order valence-electron chi connectivity index (χ1n) is 6.25. The fraction of sp³-hybridized carbons (Fsp3) is 0.385. The summed E-state index contributed by atoms with van der Waals surface area (Å²) in [6.45, 7) is 0. The van der Waals surface area contributed by atoms with Crippen LogP contribution in [-0.2, 0) is 0 Å². The molecule has 2 atom stereocenters. The first-order chi connectivity index (χ1) is 9.13. The Hall–Kier alpha value is -2.08. The SMILES string of the molecule is N[C@H]1CC[C@@H](c2nc(-c3ccc(O)c(O)c3)no2)C1. The lowest BCUT2D eigenvalue weighted by atomic mass is 10.1. The van der Waals surface area contributed by atoms with Gasteiger partial charge in [-0.1, -0.05) is 5.16 Å². The fourth-order valence-electron chi connectivity index (χ4n) is 2.42. The van der Waals surface area contributed by atoms with Crippen molar-refractivity contribution in [2.24, 2.45) is 5.73 Å².